The largest absolute Gasteiger partial charge is 0.495 e. The van der Waals surface area contributed by atoms with Gasteiger partial charge in [0.1, 0.15) is 11.6 Å². The highest BCUT2D eigenvalue weighted by Crippen LogP contribution is 2.27. The summed E-state index contributed by atoms with van der Waals surface area (Å²) in [6.07, 6.45) is -1.11. The molecule has 0 aliphatic heterocycles. The molecule has 0 unspecified atom stereocenters. The van der Waals surface area contributed by atoms with E-state index in [1.165, 1.54) is 38.3 Å². The number of esters is 1. The van der Waals surface area contributed by atoms with Crippen LogP contribution in [-0.4, -0.2) is 25.1 Å². The van der Waals surface area contributed by atoms with Crippen molar-refractivity contribution in [2.75, 3.05) is 12.4 Å². The number of halogens is 2. The number of ether oxygens (including phenoxy) is 2. The minimum absolute atomic E-state index is 0.232. The van der Waals surface area contributed by atoms with Crippen molar-refractivity contribution in [1.29, 1.82) is 0 Å². The van der Waals surface area contributed by atoms with Gasteiger partial charge in [0.05, 0.1) is 17.7 Å². The predicted octanol–water partition coefficient (Wildman–Crippen LogP) is 3.67. The Hall–Kier alpha value is -2.60. The number of amides is 1. The fourth-order valence-corrected chi connectivity index (χ4v) is 2.15. The molecule has 2 aromatic carbocycles. The van der Waals surface area contributed by atoms with Gasteiger partial charge in [-0.1, -0.05) is 23.7 Å². The molecule has 0 aliphatic rings. The number of carbonyl (C=O) groups excluding carboxylic acids is 2. The maximum Gasteiger partial charge on any atom is 0.341 e. The number of rotatable bonds is 5. The van der Waals surface area contributed by atoms with Crippen LogP contribution in [0.5, 0.6) is 5.75 Å². The Labute approximate surface area is 143 Å². The first-order valence-corrected chi connectivity index (χ1v) is 7.40. The topological polar surface area (TPSA) is 64.6 Å². The van der Waals surface area contributed by atoms with Gasteiger partial charge in [-0.2, -0.15) is 0 Å². The van der Waals surface area contributed by atoms with Gasteiger partial charge in [0.15, 0.2) is 6.10 Å². The summed E-state index contributed by atoms with van der Waals surface area (Å²) in [5, 5.41) is 2.88. The van der Waals surface area contributed by atoms with Crippen molar-refractivity contribution in [3.63, 3.8) is 0 Å². The number of nitrogens with one attached hydrogen (secondary N) is 1. The Kier molecular flexibility index (Phi) is 5.76. The van der Waals surface area contributed by atoms with Crippen LogP contribution in [-0.2, 0) is 9.53 Å². The summed E-state index contributed by atoms with van der Waals surface area (Å²) in [6.45, 7) is 1.39. The maximum absolute atomic E-state index is 13.5. The normalized spacial score (nSPS) is 11.5. The molecular formula is C17H15ClFNO4. The van der Waals surface area contributed by atoms with E-state index in [4.69, 9.17) is 21.1 Å². The van der Waals surface area contributed by atoms with Crippen molar-refractivity contribution in [1.82, 2.24) is 0 Å². The molecule has 5 nitrogen and oxygen atoms in total. The van der Waals surface area contributed by atoms with Crippen LogP contribution in [0.15, 0.2) is 42.5 Å². The van der Waals surface area contributed by atoms with Crippen LogP contribution in [0.3, 0.4) is 0 Å². The van der Waals surface area contributed by atoms with E-state index >= 15 is 0 Å². The van der Waals surface area contributed by atoms with Gasteiger partial charge in [-0.25, -0.2) is 9.18 Å². The van der Waals surface area contributed by atoms with Crippen molar-refractivity contribution in [3.8, 4) is 5.75 Å². The third-order valence-corrected chi connectivity index (χ3v) is 3.46. The molecule has 0 aliphatic carbocycles. The molecule has 1 N–H and O–H groups in total. The van der Waals surface area contributed by atoms with Gasteiger partial charge in [-0.05, 0) is 37.3 Å². The molecule has 1 atom stereocenters. The van der Waals surface area contributed by atoms with Crippen molar-refractivity contribution < 1.29 is 23.5 Å². The Morgan fingerprint density at radius 2 is 1.92 bits per heavy atom. The number of anilines is 1. The molecule has 0 aromatic heterocycles. The van der Waals surface area contributed by atoms with Gasteiger partial charge >= 0.3 is 5.97 Å². The average molecular weight is 352 g/mol. The van der Waals surface area contributed by atoms with E-state index < -0.39 is 23.8 Å². The fourth-order valence-electron chi connectivity index (χ4n) is 1.89. The van der Waals surface area contributed by atoms with E-state index in [0.29, 0.717) is 16.5 Å². The van der Waals surface area contributed by atoms with E-state index in [9.17, 15) is 14.0 Å². The summed E-state index contributed by atoms with van der Waals surface area (Å²) in [5.74, 6) is -1.73. The second kappa shape index (κ2) is 7.79. The molecule has 0 saturated carbocycles. The minimum atomic E-state index is -1.11. The van der Waals surface area contributed by atoms with Gasteiger partial charge in [0.2, 0.25) is 0 Å². The summed E-state index contributed by atoms with van der Waals surface area (Å²) in [4.78, 5) is 24.0. The lowest BCUT2D eigenvalue weighted by Gasteiger charge is -2.14. The molecule has 1 amide bonds. The molecule has 7 heteroatoms. The molecule has 0 saturated heterocycles. The van der Waals surface area contributed by atoms with E-state index in [0.717, 1.165) is 6.07 Å². The molecule has 0 bridgehead atoms. The molecule has 2 rings (SSSR count). The highest BCUT2D eigenvalue weighted by molar-refractivity contribution is 6.32. The first kappa shape index (κ1) is 17.7. The number of carbonyl (C=O) groups is 2. The minimum Gasteiger partial charge on any atom is -0.495 e. The summed E-state index contributed by atoms with van der Waals surface area (Å²) in [6, 6.07) is 10.1. The Morgan fingerprint density at radius 1 is 1.21 bits per heavy atom. The van der Waals surface area contributed by atoms with Gasteiger partial charge in [0.25, 0.3) is 5.91 Å². The zero-order valence-corrected chi connectivity index (χ0v) is 13.8. The summed E-state index contributed by atoms with van der Waals surface area (Å²) in [5.41, 5.74) is 0.184. The fraction of sp³-hybridized carbons (Fsp3) is 0.176. The highest BCUT2D eigenvalue weighted by Gasteiger charge is 2.21. The predicted molar refractivity (Wildman–Crippen MR) is 87.9 cm³/mol. The Balaban J connectivity index is 2.01. The second-order valence-electron chi connectivity index (χ2n) is 4.87. The van der Waals surface area contributed by atoms with Crippen molar-refractivity contribution in [2.24, 2.45) is 0 Å². The molecule has 0 fully saturated rings. The van der Waals surface area contributed by atoms with Gasteiger partial charge < -0.3 is 14.8 Å². The first-order chi connectivity index (χ1) is 11.4. The molecule has 0 heterocycles. The van der Waals surface area contributed by atoms with E-state index in [-0.39, 0.29) is 5.56 Å². The summed E-state index contributed by atoms with van der Waals surface area (Å²) >= 11 is 5.97. The third-order valence-electron chi connectivity index (χ3n) is 3.17. The number of benzene rings is 2. The Bertz CT molecular complexity index is 766. The van der Waals surface area contributed by atoms with Gasteiger partial charge in [-0.3, -0.25) is 4.79 Å². The van der Waals surface area contributed by atoms with Crippen LogP contribution in [0.1, 0.15) is 17.3 Å². The SMILES string of the molecule is COc1ccc(NC(=O)[C@@H](C)OC(=O)c2ccccc2F)cc1Cl. The summed E-state index contributed by atoms with van der Waals surface area (Å²) in [7, 11) is 1.48. The lowest BCUT2D eigenvalue weighted by Crippen LogP contribution is -2.30. The lowest BCUT2D eigenvalue weighted by atomic mass is 10.2. The summed E-state index contributed by atoms with van der Waals surface area (Å²) < 4.78 is 23.5. The third kappa shape index (κ3) is 4.23. The number of hydrogen-bond donors (Lipinski definition) is 1. The number of hydrogen-bond acceptors (Lipinski definition) is 4. The van der Waals surface area contributed by atoms with Crippen LogP contribution < -0.4 is 10.1 Å². The van der Waals surface area contributed by atoms with E-state index in [2.05, 4.69) is 5.32 Å². The van der Waals surface area contributed by atoms with Gasteiger partial charge in [-0.15, -0.1) is 0 Å². The zero-order valence-electron chi connectivity index (χ0n) is 13.0. The van der Waals surface area contributed by atoms with E-state index in [1.54, 1.807) is 12.1 Å². The smallest absolute Gasteiger partial charge is 0.341 e. The quantitative estimate of drug-likeness (QED) is 0.835. The molecule has 0 radical (unpaired) electrons. The van der Waals surface area contributed by atoms with E-state index in [1.807, 2.05) is 0 Å². The monoisotopic (exact) mass is 351 g/mol. The maximum atomic E-state index is 13.5. The van der Waals surface area contributed by atoms with Gasteiger partial charge in [0, 0.05) is 5.69 Å². The van der Waals surface area contributed by atoms with Crippen LogP contribution in [0.25, 0.3) is 0 Å². The van der Waals surface area contributed by atoms with Crippen molar-refractivity contribution in [3.05, 3.63) is 58.9 Å². The zero-order chi connectivity index (χ0) is 17.7. The second-order valence-corrected chi connectivity index (χ2v) is 5.27. The lowest BCUT2D eigenvalue weighted by molar-refractivity contribution is -0.123. The molecule has 2 aromatic rings. The Morgan fingerprint density at radius 3 is 2.54 bits per heavy atom. The molecule has 0 spiro atoms. The number of methoxy groups -OCH3 is 1. The van der Waals surface area contributed by atoms with Crippen LogP contribution in [0.2, 0.25) is 5.02 Å². The van der Waals surface area contributed by atoms with Crippen molar-refractivity contribution in [2.45, 2.75) is 13.0 Å². The first-order valence-electron chi connectivity index (χ1n) is 7.02. The molecule has 24 heavy (non-hydrogen) atoms. The standard InChI is InChI=1S/C17H15ClFNO4/c1-10(24-17(22)12-5-3-4-6-14(12)19)16(21)20-11-7-8-15(23-2)13(18)9-11/h3-10H,1-2H3,(H,20,21)/t10-/m1/s1. The molecule has 126 valence electrons. The van der Waals surface area contributed by atoms with Crippen LogP contribution >= 0.6 is 11.6 Å². The van der Waals surface area contributed by atoms with Crippen molar-refractivity contribution >= 4 is 29.2 Å². The highest BCUT2D eigenvalue weighted by atomic mass is 35.5. The van der Waals surface area contributed by atoms with Crippen LogP contribution in [0.4, 0.5) is 10.1 Å². The molecular weight excluding hydrogens is 337 g/mol. The van der Waals surface area contributed by atoms with Crippen LogP contribution in [0, 0.1) is 5.82 Å². The average Bonchev–Trinajstić information content (AvgIpc) is 2.55.